The first kappa shape index (κ1) is 17.0. The first-order valence-corrected chi connectivity index (χ1v) is 8.99. The molecule has 0 bridgehead atoms. The minimum Gasteiger partial charge on any atom is -0.431 e. The summed E-state index contributed by atoms with van der Waals surface area (Å²) in [5.41, 5.74) is 2.95. The topological polar surface area (TPSA) is 47.3 Å². The summed E-state index contributed by atoms with van der Waals surface area (Å²) in [6.45, 7) is 0. The number of benzene rings is 3. The number of aryl methyl sites for hydroxylation is 1. The van der Waals surface area contributed by atoms with Crippen LogP contribution in [0.4, 0.5) is 0 Å². The van der Waals surface area contributed by atoms with Crippen molar-refractivity contribution in [3.63, 3.8) is 0 Å². The van der Waals surface area contributed by atoms with Gasteiger partial charge in [-0.15, -0.1) is 0 Å². The van der Waals surface area contributed by atoms with Gasteiger partial charge in [-0.1, -0.05) is 54.6 Å². The minimum atomic E-state index is -0.303. The zero-order chi connectivity index (χ0) is 18.6. The Balaban J connectivity index is 0.000000218. The molecule has 0 N–H and O–H groups in total. The van der Waals surface area contributed by atoms with E-state index in [9.17, 15) is 9.59 Å². The highest BCUT2D eigenvalue weighted by Gasteiger charge is 2.17. The van der Waals surface area contributed by atoms with Gasteiger partial charge in [-0.25, -0.2) is 9.59 Å². The van der Waals surface area contributed by atoms with Crippen molar-refractivity contribution in [1.82, 2.24) is 0 Å². The van der Waals surface area contributed by atoms with Crippen molar-refractivity contribution in [1.29, 1.82) is 0 Å². The maximum absolute atomic E-state index is 11.1. The summed E-state index contributed by atoms with van der Waals surface area (Å²) in [5.74, 6) is 2.13. The molecule has 0 unspecified atom stereocenters. The van der Waals surface area contributed by atoms with Crippen LogP contribution in [0.2, 0.25) is 0 Å². The first-order chi connectivity index (χ1) is 13.3. The van der Waals surface area contributed by atoms with Crippen LogP contribution in [0.15, 0.2) is 82.2 Å². The van der Waals surface area contributed by atoms with Crippen LogP contribution in [-0.4, -0.2) is 5.94 Å². The third-order valence-corrected chi connectivity index (χ3v) is 4.95. The lowest BCUT2D eigenvalue weighted by atomic mass is 9.84. The van der Waals surface area contributed by atoms with Crippen LogP contribution < -0.4 is 5.63 Å². The fraction of sp³-hybridized carbons (Fsp3) is 0.125. The SMILES string of the molecule is O=C=C1CCCc2c1ccc1c2ccc2ccccc21.O=c1cccco1. The highest BCUT2D eigenvalue weighted by atomic mass is 16.4. The zero-order valence-electron chi connectivity index (χ0n) is 14.8. The molecule has 4 aromatic rings. The third-order valence-electron chi connectivity index (χ3n) is 4.95. The standard InChI is InChI=1S/C19H14O.C5H4O2/c20-12-14-5-3-7-17-16(14)10-11-18-15-6-2-1-4-13(15)8-9-19(17)18;6-5-3-1-2-4-7-5/h1-2,4,6,8-11H,3,5,7H2;1-4H. The number of carbonyl (C=O) groups excluding carboxylic acids is 1. The molecule has 0 amide bonds. The summed E-state index contributed by atoms with van der Waals surface area (Å²) in [6, 6.07) is 21.7. The van der Waals surface area contributed by atoms with Crippen molar-refractivity contribution < 1.29 is 9.21 Å². The average molecular weight is 354 g/mol. The Labute approximate surface area is 156 Å². The van der Waals surface area contributed by atoms with Gasteiger partial charge < -0.3 is 4.42 Å². The van der Waals surface area contributed by atoms with Gasteiger partial charge in [-0.05, 0) is 58.0 Å². The van der Waals surface area contributed by atoms with E-state index in [-0.39, 0.29) is 5.63 Å². The van der Waals surface area contributed by atoms with Gasteiger partial charge in [0.2, 0.25) is 0 Å². The molecule has 1 aliphatic carbocycles. The molecule has 1 heterocycles. The highest BCUT2D eigenvalue weighted by Crippen LogP contribution is 2.36. The molecule has 3 nitrogen and oxygen atoms in total. The monoisotopic (exact) mass is 354 g/mol. The molecule has 132 valence electrons. The zero-order valence-corrected chi connectivity index (χ0v) is 14.8. The summed E-state index contributed by atoms with van der Waals surface area (Å²) < 4.78 is 4.37. The molecule has 0 atom stereocenters. The van der Waals surface area contributed by atoms with E-state index in [1.165, 1.54) is 39.4 Å². The summed E-state index contributed by atoms with van der Waals surface area (Å²) in [6.07, 6.45) is 4.30. The van der Waals surface area contributed by atoms with Crippen molar-refractivity contribution in [2.24, 2.45) is 0 Å². The van der Waals surface area contributed by atoms with Gasteiger partial charge in [0.05, 0.1) is 6.26 Å². The molecule has 0 saturated carbocycles. The average Bonchev–Trinajstić information content (AvgIpc) is 2.73. The molecule has 0 saturated heterocycles. The predicted octanol–water partition coefficient (Wildman–Crippen LogP) is 5.18. The van der Waals surface area contributed by atoms with Crippen molar-refractivity contribution in [3.05, 3.63) is 94.5 Å². The highest BCUT2D eigenvalue weighted by molar-refractivity contribution is 6.10. The van der Waals surface area contributed by atoms with E-state index in [0.29, 0.717) is 0 Å². The Hall–Kier alpha value is -3.42. The molecule has 3 aromatic carbocycles. The first-order valence-electron chi connectivity index (χ1n) is 8.99. The molecule has 3 heteroatoms. The third kappa shape index (κ3) is 3.33. The number of hydrogen-bond acceptors (Lipinski definition) is 3. The Kier molecular flexibility index (Phi) is 4.69. The minimum absolute atomic E-state index is 0.303. The molecule has 0 aliphatic heterocycles. The van der Waals surface area contributed by atoms with Crippen molar-refractivity contribution in [2.45, 2.75) is 19.3 Å². The second-order valence-corrected chi connectivity index (χ2v) is 6.53. The quantitative estimate of drug-likeness (QED) is 0.323. The summed E-state index contributed by atoms with van der Waals surface area (Å²) >= 11 is 0. The molecule has 0 spiro atoms. The van der Waals surface area contributed by atoms with Crippen LogP contribution in [0.3, 0.4) is 0 Å². The lowest BCUT2D eigenvalue weighted by molar-refractivity contribution is 0.511. The van der Waals surface area contributed by atoms with E-state index < -0.39 is 0 Å². The fourth-order valence-corrected chi connectivity index (χ4v) is 3.71. The van der Waals surface area contributed by atoms with Crippen molar-refractivity contribution in [3.8, 4) is 0 Å². The van der Waals surface area contributed by atoms with Crippen LogP contribution in [0.25, 0.3) is 27.1 Å². The smallest absolute Gasteiger partial charge is 0.335 e. The number of fused-ring (bicyclic) bond motifs is 5. The fourth-order valence-electron chi connectivity index (χ4n) is 3.71. The maximum atomic E-state index is 11.1. The van der Waals surface area contributed by atoms with Crippen LogP contribution in [0.5, 0.6) is 0 Å². The van der Waals surface area contributed by atoms with Gasteiger partial charge in [0.1, 0.15) is 5.94 Å². The molecule has 1 aromatic heterocycles. The van der Waals surface area contributed by atoms with E-state index in [0.717, 1.165) is 30.4 Å². The van der Waals surface area contributed by atoms with Crippen molar-refractivity contribution in [2.75, 3.05) is 0 Å². The van der Waals surface area contributed by atoms with Crippen LogP contribution in [-0.2, 0) is 11.2 Å². The Bertz CT molecular complexity index is 1210. The molecule has 0 fully saturated rings. The van der Waals surface area contributed by atoms with E-state index in [2.05, 4.69) is 58.9 Å². The number of hydrogen-bond donors (Lipinski definition) is 0. The van der Waals surface area contributed by atoms with Gasteiger partial charge in [0.25, 0.3) is 0 Å². The van der Waals surface area contributed by atoms with Crippen LogP contribution >= 0.6 is 0 Å². The maximum Gasteiger partial charge on any atom is 0.335 e. The molecule has 1 aliphatic rings. The number of allylic oxidation sites excluding steroid dienone is 1. The second-order valence-electron chi connectivity index (χ2n) is 6.53. The predicted molar refractivity (Wildman–Crippen MR) is 108 cm³/mol. The van der Waals surface area contributed by atoms with Gasteiger partial charge in [0, 0.05) is 11.6 Å². The van der Waals surface area contributed by atoms with Crippen molar-refractivity contribution >= 4 is 33.1 Å². The van der Waals surface area contributed by atoms with Crippen LogP contribution in [0.1, 0.15) is 24.0 Å². The Morgan fingerprint density at radius 1 is 0.778 bits per heavy atom. The van der Waals surface area contributed by atoms with Gasteiger partial charge in [0.15, 0.2) is 0 Å². The van der Waals surface area contributed by atoms with Gasteiger partial charge >= 0.3 is 5.63 Å². The van der Waals surface area contributed by atoms with Gasteiger partial charge in [-0.2, -0.15) is 0 Å². The summed E-state index contributed by atoms with van der Waals surface area (Å²) in [7, 11) is 0. The Morgan fingerprint density at radius 2 is 1.59 bits per heavy atom. The van der Waals surface area contributed by atoms with E-state index in [1.54, 1.807) is 12.1 Å². The second kappa shape index (κ2) is 7.45. The van der Waals surface area contributed by atoms with E-state index in [1.807, 2.05) is 0 Å². The number of rotatable bonds is 0. The van der Waals surface area contributed by atoms with Gasteiger partial charge in [-0.3, -0.25) is 0 Å². The Morgan fingerprint density at radius 3 is 2.33 bits per heavy atom. The molecule has 27 heavy (non-hydrogen) atoms. The molecule has 5 rings (SSSR count). The summed E-state index contributed by atoms with van der Waals surface area (Å²) in [5, 5.41) is 5.12. The molecular weight excluding hydrogens is 336 g/mol. The van der Waals surface area contributed by atoms with E-state index >= 15 is 0 Å². The molecular formula is C24H18O3. The normalized spacial score (nSPS) is 12.8. The van der Waals surface area contributed by atoms with E-state index in [4.69, 9.17) is 0 Å². The van der Waals surface area contributed by atoms with Crippen LogP contribution in [0, 0.1) is 0 Å². The lowest BCUT2D eigenvalue weighted by Crippen LogP contribution is -2.03. The molecule has 0 radical (unpaired) electrons. The largest absolute Gasteiger partial charge is 0.431 e. The summed E-state index contributed by atoms with van der Waals surface area (Å²) in [4.78, 5) is 21.2. The lowest BCUT2D eigenvalue weighted by Gasteiger charge is -2.19.